The first-order valence-electron chi connectivity index (χ1n) is 6.46. The average molecular weight is 276 g/mol. The number of ether oxygens (including phenoxy) is 1. The molecular weight excluding hydrogens is 256 g/mol. The molecule has 102 valence electrons. The van der Waals surface area contributed by atoms with Crippen LogP contribution in [-0.4, -0.2) is 12.6 Å². The monoisotopic (exact) mass is 276 g/mol. The van der Waals surface area contributed by atoms with Crippen molar-refractivity contribution in [1.29, 1.82) is 0 Å². The summed E-state index contributed by atoms with van der Waals surface area (Å²) in [5.74, 6) is 0.746. The van der Waals surface area contributed by atoms with E-state index >= 15 is 0 Å². The van der Waals surface area contributed by atoms with E-state index in [4.69, 9.17) is 10.5 Å². The van der Waals surface area contributed by atoms with E-state index in [0.717, 1.165) is 24.4 Å². The van der Waals surface area contributed by atoms with Gasteiger partial charge >= 0.3 is 0 Å². The third kappa shape index (κ3) is 4.17. The molecule has 3 nitrogen and oxygen atoms in total. The van der Waals surface area contributed by atoms with Crippen molar-refractivity contribution in [3.05, 3.63) is 40.6 Å². The van der Waals surface area contributed by atoms with E-state index in [1.165, 1.54) is 5.56 Å². The van der Waals surface area contributed by atoms with Crippen molar-refractivity contribution < 1.29 is 4.74 Å². The Morgan fingerprint density at radius 3 is 2.84 bits per heavy atom. The van der Waals surface area contributed by atoms with Crippen LogP contribution in [0.5, 0.6) is 5.75 Å². The molecule has 0 aliphatic rings. The highest BCUT2D eigenvalue weighted by molar-refractivity contribution is 7.07. The highest BCUT2D eigenvalue weighted by Crippen LogP contribution is 2.26. The van der Waals surface area contributed by atoms with Crippen molar-refractivity contribution in [3.63, 3.8) is 0 Å². The second kappa shape index (κ2) is 6.48. The van der Waals surface area contributed by atoms with Crippen LogP contribution in [0.25, 0.3) is 0 Å². The van der Waals surface area contributed by atoms with Gasteiger partial charge in [-0.25, -0.2) is 0 Å². The molecule has 1 aromatic heterocycles. The predicted molar refractivity (Wildman–Crippen MR) is 83.1 cm³/mol. The molecule has 0 aliphatic heterocycles. The van der Waals surface area contributed by atoms with Gasteiger partial charge in [0.15, 0.2) is 0 Å². The first-order chi connectivity index (χ1) is 9.15. The van der Waals surface area contributed by atoms with E-state index in [9.17, 15) is 0 Å². The van der Waals surface area contributed by atoms with Crippen LogP contribution in [0.1, 0.15) is 19.4 Å². The molecule has 0 fully saturated rings. The number of nitrogen functional groups attached to an aromatic ring is 1. The van der Waals surface area contributed by atoms with Gasteiger partial charge in [0.05, 0.1) is 11.8 Å². The molecule has 3 N–H and O–H groups in total. The molecule has 0 radical (unpaired) electrons. The molecule has 0 unspecified atom stereocenters. The van der Waals surface area contributed by atoms with Crippen LogP contribution in [0.15, 0.2) is 35.0 Å². The van der Waals surface area contributed by atoms with Gasteiger partial charge in [-0.05, 0) is 54.8 Å². The summed E-state index contributed by atoms with van der Waals surface area (Å²) in [4.78, 5) is 0. The first-order valence-corrected chi connectivity index (χ1v) is 7.40. The average Bonchev–Trinajstić information content (AvgIpc) is 2.86. The number of thiophene rings is 1. The Kier molecular flexibility index (Phi) is 4.68. The molecular formula is C15H20N2OS. The van der Waals surface area contributed by atoms with Crippen molar-refractivity contribution >= 4 is 22.7 Å². The summed E-state index contributed by atoms with van der Waals surface area (Å²) < 4.78 is 5.67. The number of rotatable bonds is 6. The van der Waals surface area contributed by atoms with Gasteiger partial charge in [-0.2, -0.15) is 11.3 Å². The zero-order valence-electron chi connectivity index (χ0n) is 11.3. The number of nitrogens with two attached hydrogens (primary N) is 1. The Morgan fingerprint density at radius 2 is 2.16 bits per heavy atom. The summed E-state index contributed by atoms with van der Waals surface area (Å²) in [6.07, 6.45) is 1.15. The fraction of sp³-hybridized carbons (Fsp3) is 0.333. The Hall–Kier alpha value is -1.68. The van der Waals surface area contributed by atoms with Gasteiger partial charge in [0.1, 0.15) is 5.75 Å². The van der Waals surface area contributed by atoms with Crippen molar-refractivity contribution in [3.8, 4) is 5.75 Å². The standard InChI is InChI=1S/C15H20N2OS/c1-11(2)18-15-9-13(3-4-14(15)16)17-7-5-12-6-8-19-10-12/h3-4,6,8-11,17H,5,7,16H2,1-2H3. The maximum atomic E-state index is 5.89. The molecule has 0 atom stereocenters. The molecule has 19 heavy (non-hydrogen) atoms. The van der Waals surface area contributed by atoms with Crippen LogP contribution in [-0.2, 0) is 6.42 Å². The Bertz CT molecular complexity index is 509. The molecule has 0 spiro atoms. The number of anilines is 2. The lowest BCUT2D eigenvalue weighted by molar-refractivity contribution is 0.244. The minimum Gasteiger partial charge on any atom is -0.489 e. The van der Waals surface area contributed by atoms with E-state index in [1.807, 2.05) is 32.0 Å². The van der Waals surface area contributed by atoms with E-state index in [1.54, 1.807) is 11.3 Å². The lowest BCUT2D eigenvalue weighted by atomic mass is 10.2. The zero-order valence-corrected chi connectivity index (χ0v) is 12.2. The fourth-order valence-corrected chi connectivity index (χ4v) is 2.49. The van der Waals surface area contributed by atoms with Crippen LogP contribution in [0.3, 0.4) is 0 Å². The fourth-order valence-electron chi connectivity index (χ4n) is 1.79. The van der Waals surface area contributed by atoms with Gasteiger partial charge < -0.3 is 15.8 Å². The molecule has 2 rings (SSSR count). The minimum atomic E-state index is 0.128. The molecule has 0 amide bonds. The van der Waals surface area contributed by atoms with Crippen LogP contribution in [0, 0.1) is 0 Å². The van der Waals surface area contributed by atoms with Crippen LogP contribution < -0.4 is 15.8 Å². The molecule has 0 saturated heterocycles. The molecule has 1 aromatic carbocycles. The number of hydrogen-bond acceptors (Lipinski definition) is 4. The van der Waals surface area contributed by atoms with Gasteiger partial charge in [0.25, 0.3) is 0 Å². The van der Waals surface area contributed by atoms with Gasteiger partial charge in [-0.3, -0.25) is 0 Å². The maximum Gasteiger partial charge on any atom is 0.144 e. The number of nitrogens with one attached hydrogen (secondary N) is 1. The summed E-state index contributed by atoms with van der Waals surface area (Å²) in [5.41, 5.74) is 8.98. The third-order valence-corrected chi connectivity index (χ3v) is 3.43. The zero-order chi connectivity index (χ0) is 13.7. The quantitative estimate of drug-likeness (QED) is 0.789. The summed E-state index contributed by atoms with van der Waals surface area (Å²) in [7, 11) is 0. The molecule has 2 aromatic rings. The summed E-state index contributed by atoms with van der Waals surface area (Å²) >= 11 is 1.73. The minimum absolute atomic E-state index is 0.128. The smallest absolute Gasteiger partial charge is 0.144 e. The van der Waals surface area contributed by atoms with Crippen molar-refractivity contribution in [2.45, 2.75) is 26.4 Å². The van der Waals surface area contributed by atoms with Crippen molar-refractivity contribution in [1.82, 2.24) is 0 Å². The molecule has 0 bridgehead atoms. The highest BCUT2D eigenvalue weighted by Gasteiger charge is 2.04. The molecule has 0 saturated carbocycles. The SMILES string of the molecule is CC(C)Oc1cc(NCCc2ccsc2)ccc1N. The van der Waals surface area contributed by atoms with Gasteiger partial charge in [-0.1, -0.05) is 0 Å². The van der Waals surface area contributed by atoms with Gasteiger partial charge in [-0.15, -0.1) is 0 Å². The largest absolute Gasteiger partial charge is 0.489 e. The highest BCUT2D eigenvalue weighted by atomic mass is 32.1. The summed E-state index contributed by atoms with van der Waals surface area (Å²) in [5, 5.41) is 7.68. The Balaban J connectivity index is 1.93. The number of benzene rings is 1. The molecule has 4 heteroatoms. The Morgan fingerprint density at radius 1 is 1.32 bits per heavy atom. The second-order valence-electron chi connectivity index (χ2n) is 4.73. The summed E-state index contributed by atoms with van der Waals surface area (Å²) in [6, 6.07) is 7.98. The summed E-state index contributed by atoms with van der Waals surface area (Å²) in [6.45, 7) is 4.90. The van der Waals surface area contributed by atoms with E-state index in [0.29, 0.717) is 5.69 Å². The second-order valence-corrected chi connectivity index (χ2v) is 5.51. The normalized spacial score (nSPS) is 10.7. The van der Waals surface area contributed by atoms with Gasteiger partial charge in [0, 0.05) is 18.3 Å². The van der Waals surface area contributed by atoms with Crippen LogP contribution >= 0.6 is 11.3 Å². The van der Waals surface area contributed by atoms with Gasteiger partial charge in [0.2, 0.25) is 0 Å². The Labute approximate surface area is 118 Å². The van der Waals surface area contributed by atoms with Crippen molar-refractivity contribution in [2.75, 3.05) is 17.6 Å². The lowest BCUT2D eigenvalue weighted by Gasteiger charge is -2.14. The molecule has 1 heterocycles. The van der Waals surface area contributed by atoms with E-state index in [2.05, 4.69) is 22.1 Å². The third-order valence-electron chi connectivity index (χ3n) is 2.70. The lowest BCUT2D eigenvalue weighted by Crippen LogP contribution is -2.09. The van der Waals surface area contributed by atoms with Crippen LogP contribution in [0.2, 0.25) is 0 Å². The number of hydrogen-bond donors (Lipinski definition) is 2. The van der Waals surface area contributed by atoms with Crippen molar-refractivity contribution in [2.24, 2.45) is 0 Å². The van der Waals surface area contributed by atoms with Crippen LogP contribution in [0.4, 0.5) is 11.4 Å². The maximum absolute atomic E-state index is 5.89. The topological polar surface area (TPSA) is 47.3 Å². The van der Waals surface area contributed by atoms with E-state index < -0.39 is 0 Å². The molecule has 0 aliphatic carbocycles. The first kappa shape index (κ1) is 13.7. The van der Waals surface area contributed by atoms with E-state index in [-0.39, 0.29) is 6.10 Å². The predicted octanol–water partition coefficient (Wildman–Crippen LogP) is 3.77.